The molecule has 0 fully saturated rings. The first kappa shape index (κ1) is 18.6. The molecule has 0 aromatic carbocycles. The predicted molar refractivity (Wildman–Crippen MR) is 126 cm³/mol. The fraction of sp³-hybridized carbons (Fsp3) is 0.0417. The molecule has 0 aliphatic heterocycles. The lowest BCUT2D eigenvalue weighted by Crippen LogP contribution is -1.83. The highest BCUT2D eigenvalue weighted by atomic mass is 32.1. The Labute approximate surface area is 186 Å². The summed E-state index contributed by atoms with van der Waals surface area (Å²) in [6.07, 6.45) is 7.15. The van der Waals surface area contributed by atoms with E-state index in [0.29, 0.717) is 5.65 Å². The van der Waals surface area contributed by atoms with Crippen LogP contribution >= 0.6 is 11.3 Å². The molecular formula is C24H16N6OS. The summed E-state index contributed by atoms with van der Waals surface area (Å²) < 4.78 is 0. The molecule has 0 amide bonds. The van der Waals surface area contributed by atoms with Crippen LogP contribution in [0.5, 0.6) is 0 Å². The van der Waals surface area contributed by atoms with Gasteiger partial charge in [-0.25, -0.2) is 9.97 Å². The third-order valence-electron chi connectivity index (χ3n) is 5.42. The Morgan fingerprint density at radius 3 is 2.72 bits per heavy atom. The minimum absolute atomic E-state index is 0.0714. The van der Waals surface area contributed by atoms with Crippen molar-refractivity contribution in [2.24, 2.45) is 0 Å². The molecular weight excluding hydrogens is 420 g/mol. The summed E-state index contributed by atoms with van der Waals surface area (Å²) in [7, 11) is 0. The van der Waals surface area contributed by atoms with Crippen LogP contribution in [0.1, 0.15) is 16.6 Å². The lowest BCUT2D eigenvalue weighted by atomic mass is 10.1. The molecule has 0 bridgehead atoms. The van der Waals surface area contributed by atoms with Gasteiger partial charge in [-0.15, -0.1) is 11.3 Å². The first-order valence-corrected chi connectivity index (χ1v) is 10.8. The zero-order valence-corrected chi connectivity index (χ0v) is 17.8. The number of H-pyrrole nitrogens is 2. The van der Waals surface area contributed by atoms with Gasteiger partial charge in [0.05, 0.1) is 16.3 Å². The number of Topliss-reactive ketones (excluding diaryl/α,β-unsaturated/α-hetero) is 1. The van der Waals surface area contributed by atoms with Crippen LogP contribution in [-0.2, 0) is 0 Å². The largest absolute Gasteiger partial charge is 0.338 e. The topological polar surface area (TPSA) is 100 Å². The Morgan fingerprint density at radius 2 is 1.91 bits per heavy atom. The molecule has 6 aromatic heterocycles. The summed E-state index contributed by atoms with van der Waals surface area (Å²) in [6.45, 7) is 1.59. The van der Waals surface area contributed by atoms with Crippen molar-refractivity contribution in [3.63, 3.8) is 0 Å². The molecule has 0 atom stereocenters. The minimum atomic E-state index is 0.0714. The molecule has 2 N–H and O–H groups in total. The Morgan fingerprint density at radius 1 is 0.969 bits per heavy atom. The van der Waals surface area contributed by atoms with E-state index in [0.717, 1.165) is 54.3 Å². The van der Waals surface area contributed by atoms with E-state index in [4.69, 9.17) is 0 Å². The van der Waals surface area contributed by atoms with Gasteiger partial charge in [-0.1, -0.05) is 6.07 Å². The van der Waals surface area contributed by atoms with Crippen LogP contribution in [0.3, 0.4) is 0 Å². The molecule has 0 unspecified atom stereocenters. The fourth-order valence-electron chi connectivity index (χ4n) is 3.84. The Hall–Kier alpha value is -4.17. The van der Waals surface area contributed by atoms with Gasteiger partial charge >= 0.3 is 0 Å². The molecule has 7 nitrogen and oxygen atoms in total. The number of hydrogen-bond acceptors (Lipinski definition) is 6. The average molecular weight is 437 g/mol. The number of thiophene rings is 1. The smallest absolute Gasteiger partial charge is 0.181 e. The summed E-state index contributed by atoms with van der Waals surface area (Å²) in [5, 5.41) is 9.39. The Bertz CT molecular complexity index is 1610. The summed E-state index contributed by atoms with van der Waals surface area (Å²) in [4.78, 5) is 30.1. The third kappa shape index (κ3) is 3.00. The molecule has 6 heterocycles. The molecule has 0 aliphatic carbocycles. The Balaban J connectivity index is 1.49. The van der Waals surface area contributed by atoms with Crippen molar-refractivity contribution in [1.29, 1.82) is 0 Å². The average Bonchev–Trinajstić information content (AvgIpc) is 3.56. The van der Waals surface area contributed by atoms with E-state index in [2.05, 4.69) is 42.3 Å². The lowest BCUT2D eigenvalue weighted by Gasteiger charge is -2.01. The van der Waals surface area contributed by atoms with E-state index in [1.165, 1.54) is 11.3 Å². The summed E-state index contributed by atoms with van der Waals surface area (Å²) in [5.74, 6) is 0.0714. The monoisotopic (exact) mass is 436 g/mol. The lowest BCUT2D eigenvalue weighted by molar-refractivity contribution is 0.102. The molecule has 0 aliphatic rings. The number of fused-ring (bicyclic) bond motifs is 2. The van der Waals surface area contributed by atoms with Gasteiger partial charge in [0.15, 0.2) is 11.4 Å². The predicted octanol–water partition coefficient (Wildman–Crippen LogP) is 5.49. The molecule has 0 spiro atoms. The number of carbonyl (C=O) groups is 1. The number of nitrogens with one attached hydrogen (secondary N) is 2. The van der Waals surface area contributed by atoms with Crippen molar-refractivity contribution in [1.82, 2.24) is 30.1 Å². The van der Waals surface area contributed by atoms with Gasteiger partial charge in [0.25, 0.3) is 0 Å². The molecule has 8 heteroatoms. The quantitative estimate of drug-likeness (QED) is 0.356. The first-order valence-electron chi connectivity index (χ1n) is 10.0. The molecule has 0 radical (unpaired) electrons. The zero-order valence-electron chi connectivity index (χ0n) is 17.0. The number of hydrogen-bond donors (Lipinski definition) is 2. The number of aromatic nitrogens is 6. The van der Waals surface area contributed by atoms with E-state index >= 15 is 0 Å². The van der Waals surface area contributed by atoms with Gasteiger partial charge in [0.1, 0.15) is 5.65 Å². The highest BCUT2D eigenvalue weighted by Crippen LogP contribution is 2.36. The van der Waals surface area contributed by atoms with E-state index in [1.807, 2.05) is 36.5 Å². The molecule has 6 aromatic rings. The Kier molecular flexibility index (Phi) is 4.19. The van der Waals surface area contributed by atoms with Gasteiger partial charge in [0.2, 0.25) is 0 Å². The second-order valence-electron chi connectivity index (χ2n) is 7.46. The number of pyridine rings is 3. The molecule has 154 valence electrons. The zero-order chi connectivity index (χ0) is 21.7. The standard InChI is InChI=1S/C24H16N6OS/c1-13(31)20-4-5-21(32-20)16-6-8-26-23-17(16)10-19(28-23)22-18-9-15(12-27-24(18)30-29-22)14-3-2-7-25-11-14/h2-12H,1H3,(H,26,28)(H,27,29,30). The second kappa shape index (κ2) is 7.21. The molecule has 32 heavy (non-hydrogen) atoms. The maximum absolute atomic E-state index is 11.7. The van der Waals surface area contributed by atoms with Crippen LogP contribution < -0.4 is 0 Å². The van der Waals surface area contributed by atoms with Gasteiger partial charge in [-0.2, -0.15) is 5.10 Å². The van der Waals surface area contributed by atoms with Crippen LogP contribution in [0.2, 0.25) is 0 Å². The second-order valence-corrected chi connectivity index (χ2v) is 8.54. The van der Waals surface area contributed by atoms with E-state index in [1.54, 1.807) is 25.5 Å². The highest BCUT2D eigenvalue weighted by Gasteiger charge is 2.16. The van der Waals surface area contributed by atoms with E-state index in [-0.39, 0.29) is 5.78 Å². The van der Waals surface area contributed by atoms with Crippen molar-refractivity contribution in [2.45, 2.75) is 6.92 Å². The van der Waals surface area contributed by atoms with Crippen LogP contribution in [-0.4, -0.2) is 35.9 Å². The number of nitrogens with zero attached hydrogens (tertiary/aromatic N) is 4. The van der Waals surface area contributed by atoms with Crippen molar-refractivity contribution < 1.29 is 4.79 Å². The van der Waals surface area contributed by atoms with Crippen LogP contribution in [0.4, 0.5) is 0 Å². The van der Waals surface area contributed by atoms with Gasteiger partial charge in [-0.05, 0) is 43.3 Å². The van der Waals surface area contributed by atoms with E-state index < -0.39 is 0 Å². The van der Waals surface area contributed by atoms with E-state index in [9.17, 15) is 4.79 Å². The third-order valence-corrected chi connectivity index (χ3v) is 6.64. The van der Waals surface area contributed by atoms with Crippen LogP contribution in [0.15, 0.2) is 67.3 Å². The van der Waals surface area contributed by atoms with Crippen molar-refractivity contribution >= 4 is 39.2 Å². The molecule has 0 saturated heterocycles. The van der Waals surface area contributed by atoms with Gasteiger partial charge < -0.3 is 4.98 Å². The molecule has 0 saturated carbocycles. The van der Waals surface area contributed by atoms with Crippen molar-refractivity contribution in [3.8, 4) is 33.0 Å². The number of rotatable bonds is 4. The van der Waals surface area contributed by atoms with Gasteiger partial charge in [0, 0.05) is 57.1 Å². The summed E-state index contributed by atoms with van der Waals surface area (Å²) >= 11 is 1.49. The summed E-state index contributed by atoms with van der Waals surface area (Å²) in [5.41, 5.74) is 6.13. The minimum Gasteiger partial charge on any atom is -0.338 e. The number of ketones is 1. The highest BCUT2D eigenvalue weighted by molar-refractivity contribution is 7.17. The SMILES string of the molecule is CC(=O)c1ccc(-c2ccnc3[nH]c(-c4[nH]nc5ncc(-c6cccnc6)cc45)cc23)s1. The van der Waals surface area contributed by atoms with Crippen LogP contribution in [0.25, 0.3) is 55.0 Å². The molecule has 6 rings (SSSR count). The normalized spacial score (nSPS) is 11.4. The first-order chi connectivity index (χ1) is 15.7. The van der Waals surface area contributed by atoms with Crippen LogP contribution in [0, 0.1) is 0 Å². The summed E-state index contributed by atoms with van der Waals surface area (Å²) in [6, 6.07) is 13.9. The number of carbonyl (C=O) groups excluding carboxylic acids is 1. The number of aromatic amines is 2. The van der Waals surface area contributed by atoms with Crippen molar-refractivity contribution in [2.75, 3.05) is 0 Å². The maximum Gasteiger partial charge on any atom is 0.181 e. The fourth-order valence-corrected chi connectivity index (χ4v) is 4.79. The van der Waals surface area contributed by atoms with Gasteiger partial charge in [-0.3, -0.25) is 14.9 Å². The van der Waals surface area contributed by atoms with Crippen molar-refractivity contribution in [3.05, 3.63) is 72.1 Å². The maximum atomic E-state index is 11.7.